The van der Waals surface area contributed by atoms with Crippen LogP contribution < -0.4 is 0 Å². The third kappa shape index (κ3) is 0.923. The van der Waals surface area contributed by atoms with Crippen LogP contribution in [0.1, 0.15) is 32.6 Å². The van der Waals surface area contributed by atoms with Crippen LogP contribution in [0.3, 0.4) is 0 Å². The van der Waals surface area contributed by atoms with E-state index in [0.29, 0.717) is 0 Å². The Balaban J connectivity index is 1.97. The van der Waals surface area contributed by atoms with Crippen molar-refractivity contribution in [3.8, 4) is 0 Å². The minimum Gasteiger partial charge on any atom is -0.115 e. The van der Waals surface area contributed by atoms with E-state index in [9.17, 15) is 0 Å². The van der Waals surface area contributed by atoms with E-state index in [4.69, 9.17) is 0 Å². The molecule has 0 aromatic rings. The van der Waals surface area contributed by atoms with Crippen molar-refractivity contribution < 1.29 is 0 Å². The van der Waals surface area contributed by atoms with Crippen LogP contribution in [0, 0.1) is 5.92 Å². The van der Waals surface area contributed by atoms with Gasteiger partial charge in [0.05, 0.1) is 0 Å². The molecule has 1 saturated carbocycles. The van der Waals surface area contributed by atoms with Crippen molar-refractivity contribution in [2.24, 2.45) is 5.92 Å². The first-order valence-electron chi connectivity index (χ1n) is 4.08. The molecular formula is C8H15P. The molecule has 0 amide bonds. The Morgan fingerprint density at radius 1 is 1.44 bits per heavy atom. The Labute approximate surface area is 59.2 Å². The van der Waals surface area contributed by atoms with Crippen molar-refractivity contribution in [1.82, 2.24) is 0 Å². The third-order valence-corrected chi connectivity index (χ3v) is 5.23. The molecule has 9 heavy (non-hydrogen) atoms. The van der Waals surface area contributed by atoms with Crippen LogP contribution >= 0.6 is 8.58 Å². The summed E-state index contributed by atoms with van der Waals surface area (Å²) in [5.41, 5.74) is 0. The lowest BCUT2D eigenvalue weighted by Crippen LogP contribution is -2.09. The fourth-order valence-corrected chi connectivity index (χ4v) is 4.15. The van der Waals surface area contributed by atoms with Gasteiger partial charge in [0.15, 0.2) is 0 Å². The molecule has 1 spiro atoms. The summed E-state index contributed by atoms with van der Waals surface area (Å²) in [4.78, 5) is 0. The van der Waals surface area contributed by atoms with Crippen LogP contribution in [-0.4, -0.2) is 11.3 Å². The van der Waals surface area contributed by atoms with E-state index in [-0.39, 0.29) is 0 Å². The molecule has 3 atom stereocenters. The van der Waals surface area contributed by atoms with E-state index in [2.05, 4.69) is 6.92 Å². The molecule has 0 aromatic heterocycles. The van der Waals surface area contributed by atoms with Gasteiger partial charge >= 0.3 is 0 Å². The molecule has 0 bridgehead atoms. The molecule has 3 unspecified atom stereocenters. The lowest BCUT2D eigenvalue weighted by atomic mass is 10.1. The molecular weight excluding hydrogens is 127 g/mol. The average molecular weight is 142 g/mol. The highest BCUT2D eigenvalue weighted by Gasteiger charge is 2.50. The third-order valence-electron chi connectivity index (χ3n) is 2.98. The van der Waals surface area contributed by atoms with Crippen LogP contribution in [0.2, 0.25) is 0 Å². The summed E-state index contributed by atoms with van der Waals surface area (Å²) in [5.74, 6) is 1.09. The molecule has 0 nitrogen and oxygen atoms in total. The van der Waals surface area contributed by atoms with Gasteiger partial charge in [-0.1, -0.05) is 13.3 Å². The summed E-state index contributed by atoms with van der Waals surface area (Å²) in [6.07, 6.45) is 7.71. The zero-order valence-corrected chi connectivity index (χ0v) is 7.11. The highest BCUT2D eigenvalue weighted by atomic mass is 31.1. The van der Waals surface area contributed by atoms with Gasteiger partial charge in [-0.25, -0.2) is 0 Å². The summed E-state index contributed by atoms with van der Waals surface area (Å²) >= 11 is 0. The Hall–Kier alpha value is 0.430. The topological polar surface area (TPSA) is 0 Å². The summed E-state index contributed by atoms with van der Waals surface area (Å²) in [6, 6.07) is 0. The quantitative estimate of drug-likeness (QED) is 0.456. The Bertz CT molecular complexity index is 114. The number of hydrogen-bond donors (Lipinski definition) is 0. The summed E-state index contributed by atoms with van der Waals surface area (Å²) in [6.45, 7) is 2.43. The molecule has 0 radical (unpaired) electrons. The maximum Gasteiger partial charge on any atom is -0.00931 e. The fraction of sp³-hybridized carbons (Fsp3) is 1.00. The predicted molar refractivity (Wildman–Crippen MR) is 43.5 cm³/mol. The van der Waals surface area contributed by atoms with E-state index < -0.39 is 0 Å². The molecule has 1 aliphatic heterocycles. The van der Waals surface area contributed by atoms with Crippen LogP contribution in [0.5, 0.6) is 0 Å². The second-order valence-corrected chi connectivity index (χ2v) is 5.49. The largest absolute Gasteiger partial charge is 0.115 e. The molecule has 2 fully saturated rings. The van der Waals surface area contributed by atoms with Gasteiger partial charge in [-0.2, -0.15) is 0 Å². The lowest BCUT2D eigenvalue weighted by Gasteiger charge is -2.21. The summed E-state index contributed by atoms with van der Waals surface area (Å²) in [7, 11) is 1.32. The van der Waals surface area contributed by atoms with E-state index >= 15 is 0 Å². The standard InChI is InChI=1S/C8H15P/c1-7-6-8(7)4-2-3-5-9-8/h7,9H,2-6H2,1H3. The zero-order valence-electron chi connectivity index (χ0n) is 6.11. The normalized spacial score (nSPS) is 52.3. The first-order chi connectivity index (χ1) is 4.33. The van der Waals surface area contributed by atoms with E-state index in [1.54, 1.807) is 19.0 Å². The fourth-order valence-electron chi connectivity index (χ4n) is 2.07. The molecule has 1 saturated heterocycles. The van der Waals surface area contributed by atoms with Gasteiger partial charge in [-0.3, -0.25) is 0 Å². The predicted octanol–water partition coefficient (Wildman–Crippen LogP) is 2.63. The maximum atomic E-state index is 2.43. The second kappa shape index (κ2) is 1.95. The zero-order chi connectivity index (χ0) is 6.32. The minimum atomic E-state index is 0.915. The summed E-state index contributed by atoms with van der Waals surface area (Å²) < 4.78 is 0. The van der Waals surface area contributed by atoms with Gasteiger partial charge in [0.2, 0.25) is 0 Å². The first-order valence-corrected chi connectivity index (χ1v) is 5.29. The molecule has 2 aliphatic rings. The van der Waals surface area contributed by atoms with Gasteiger partial charge in [0.25, 0.3) is 0 Å². The van der Waals surface area contributed by atoms with Crippen molar-refractivity contribution in [2.75, 3.05) is 6.16 Å². The van der Waals surface area contributed by atoms with Crippen LogP contribution in [-0.2, 0) is 0 Å². The number of rotatable bonds is 0. The van der Waals surface area contributed by atoms with Gasteiger partial charge in [-0.05, 0) is 36.5 Å². The monoisotopic (exact) mass is 142 g/mol. The smallest absolute Gasteiger partial charge is 0.00931 e. The second-order valence-electron chi connectivity index (χ2n) is 3.65. The molecule has 1 heteroatoms. The van der Waals surface area contributed by atoms with Crippen molar-refractivity contribution in [3.05, 3.63) is 0 Å². The van der Waals surface area contributed by atoms with Crippen LogP contribution in [0.4, 0.5) is 0 Å². The van der Waals surface area contributed by atoms with Gasteiger partial charge in [0.1, 0.15) is 0 Å². The Kier molecular flexibility index (Phi) is 1.34. The molecule has 0 N–H and O–H groups in total. The molecule has 1 aliphatic carbocycles. The van der Waals surface area contributed by atoms with Crippen LogP contribution in [0.25, 0.3) is 0 Å². The molecule has 0 aromatic carbocycles. The van der Waals surface area contributed by atoms with Gasteiger partial charge in [-0.15, -0.1) is 8.58 Å². The van der Waals surface area contributed by atoms with Crippen molar-refractivity contribution in [3.63, 3.8) is 0 Å². The SMILES string of the molecule is CC1CC12CCCCP2. The minimum absolute atomic E-state index is 0.915. The molecule has 1 heterocycles. The Morgan fingerprint density at radius 2 is 2.22 bits per heavy atom. The Morgan fingerprint density at radius 3 is 2.56 bits per heavy atom. The molecule has 52 valence electrons. The average Bonchev–Trinajstić information content (AvgIpc) is 2.44. The van der Waals surface area contributed by atoms with E-state index in [1.807, 2.05) is 0 Å². The maximum absolute atomic E-state index is 2.43. The first kappa shape index (κ1) is 6.16. The highest BCUT2D eigenvalue weighted by molar-refractivity contribution is 7.40. The highest BCUT2D eigenvalue weighted by Crippen LogP contribution is 2.62. The van der Waals surface area contributed by atoms with Crippen molar-refractivity contribution >= 4 is 8.58 Å². The molecule has 2 rings (SSSR count). The number of hydrogen-bond acceptors (Lipinski definition) is 0. The van der Waals surface area contributed by atoms with Crippen molar-refractivity contribution in [1.29, 1.82) is 0 Å². The van der Waals surface area contributed by atoms with Crippen molar-refractivity contribution in [2.45, 2.75) is 37.8 Å². The van der Waals surface area contributed by atoms with Gasteiger partial charge < -0.3 is 0 Å². The van der Waals surface area contributed by atoms with Gasteiger partial charge in [0, 0.05) is 0 Å². The van der Waals surface area contributed by atoms with E-state index in [1.165, 1.54) is 21.4 Å². The van der Waals surface area contributed by atoms with E-state index in [0.717, 1.165) is 11.1 Å². The summed E-state index contributed by atoms with van der Waals surface area (Å²) in [5, 5.41) is 0.915. The lowest BCUT2D eigenvalue weighted by molar-refractivity contribution is 0.627. The van der Waals surface area contributed by atoms with Crippen LogP contribution in [0.15, 0.2) is 0 Å².